The van der Waals surface area contributed by atoms with Gasteiger partial charge >= 0.3 is 0 Å². The summed E-state index contributed by atoms with van der Waals surface area (Å²) in [5.41, 5.74) is 0. The Morgan fingerprint density at radius 2 is 2.25 bits per heavy atom. The van der Waals surface area contributed by atoms with Gasteiger partial charge in [-0.15, -0.1) is 0 Å². The van der Waals surface area contributed by atoms with Crippen molar-refractivity contribution in [3.63, 3.8) is 0 Å². The molecule has 70 valence electrons. The molecule has 2 fully saturated rings. The maximum atomic E-state index is 5.93. The molecule has 0 amide bonds. The van der Waals surface area contributed by atoms with Gasteiger partial charge in [-0.1, -0.05) is 6.92 Å². The van der Waals surface area contributed by atoms with E-state index >= 15 is 0 Å². The highest BCUT2D eigenvalue weighted by molar-refractivity contribution is 4.86. The summed E-state index contributed by atoms with van der Waals surface area (Å²) in [7, 11) is 0. The highest BCUT2D eigenvalue weighted by atomic mass is 16.5. The van der Waals surface area contributed by atoms with Crippen molar-refractivity contribution < 1.29 is 4.74 Å². The van der Waals surface area contributed by atoms with E-state index in [-0.39, 0.29) is 0 Å². The molecule has 2 rings (SSSR count). The fourth-order valence-electron chi connectivity index (χ4n) is 2.36. The minimum absolute atomic E-state index is 0.525. The maximum Gasteiger partial charge on any atom is 0.0732 e. The van der Waals surface area contributed by atoms with Gasteiger partial charge in [-0.25, -0.2) is 0 Å². The molecule has 12 heavy (non-hydrogen) atoms. The van der Waals surface area contributed by atoms with Gasteiger partial charge in [-0.3, -0.25) is 0 Å². The lowest BCUT2D eigenvalue weighted by molar-refractivity contribution is 0.0252. The zero-order valence-corrected chi connectivity index (χ0v) is 7.88. The zero-order chi connectivity index (χ0) is 8.39. The van der Waals surface area contributed by atoms with Crippen LogP contribution in [0.2, 0.25) is 0 Å². The summed E-state index contributed by atoms with van der Waals surface area (Å²) in [4.78, 5) is 0. The summed E-state index contributed by atoms with van der Waals surface area (Å²) < 4.78 is 5.93. The van der Waals surface area contributed by atoms with Gasteiger partial charge in [-0.2, -0.15) is 0 Å². The second-order valence-electron chi connectivity index (χ2n) is 3.98. The van der Waals surface area contributed by atoms with Gasteiger partial charge in [0.25, 0.3) is 0 Å². The van der Waals surface area contributed by atoms with E-state index in [1.165, 1.54) is 38.6 Å². The minimum atomic E-state index is 0.525. The monoisotopic (exact) mass is 169 g/mol. The summed E-state index contributed by atoms with van der Waals surface area (Å²) in [6.45, 7) is 3.41. The maximum absolute atomic E-state index is 5.93. The Hall–Kier alpha value is -0.0800. The van der Waals surface area contributed by atoms with Crippen LogP contribution in [0.3, 0.4) is 0 Å². The molecule has 2 nitrogen and oxygen atoms in total. The van der Waals surface area contributed by atoms with Crippen molar-refractivity contribution in [2.45, 2.75) is 57.3 Å². The summed E-state index contributed by atoms with van der Waals surface area (Å²) in [6, 6.07) is 0.668. The van der Waals surface area contributed by atoms with Gasteiger partial charge in [-0.05, 0) is 38.6 Å². The van der Waals surface area contributed by atoms with Crippen molar-refractivity contribution >= 4 is 0 Å². The molecule has 2 aliphatic heterocycles. The SMILES string of the molecule is CCC1CCC(C2CCCN2)O1. The predicted octanol–water partition coefficient (Wildman–Crippen LogP) is 1.70. The van der Waals surface area contributed by atoms with E-state index in [1.54, 1.807) is 0 Å². The van der Waals surface area contributed by atoms with E-state index in [2.05, 4.69) is 12.2 Å². The molecule has 2 aliphatic rings. The molecule has 0 aromatic heterocycles. The molecule has 2 heteroatoms. The van der Waals surface area contributed by atoms with E-state index < -0.39 is 0 Å². The number of rotatable bonds is 2. The average molecular weight is 169 g/mol. The largest absolute Gasteiger partial charge is 0.373 e. The van der Waals surface area contributed by atoms with Gasteiger partial charge in [0.15, 0.2) is 0 Å². The molecule has 0 radical (unpaired) electrons. The van der Waals surface area contributed by atoms with Gasteiger partial charge < -0.3 is 10.1 Å². The molecule has 0 aromatic carbocycles. The lowest BCUT2D eigenvalue weighted by Crippen LogP contribution is -2.34. The molecule has 0 bridgehead atoms. The standard InChI is InChI=1S/C10H19NO/c1-2-8-5-6-10(12-8)9-4-3-7-11-9/h8-11H,2-7H2,1H3. The van der Waals surface area contributed by atoms with Crippen LogP contribution in [0.5, 0.6) is 0 Å². The Morgan fingerprint density at radius 1 is 1.33 bits per heavy atom. The molecule has 0 spiro atoms. The number of hydrogen-bond donors (Lipinski definition) is 1. The first-order chi connectivity index (χ1) is 5.90. The molecule has 0 aliphatic carbocycles. The minimum Gasteiger partial charge on any atom is -0.373 e. The molecule has 3 unspecified atom stereocenters. The summed E-state index contributed by atoms with van der Waals surface area (Å²) in [6.07, 6.45) is 7.47. The molecule has 2 saturated heterocycles. The fourth-order valence-corrected chi connectivity index (χ4v) is 2.36. The Morgan fingerprint density at radius 3 is 2.83 bits per heavy atom. The second kappa shape index (κ2) is 3.75. The summed E-state index contributed by atoms with van der Waals surface area (Å²) in [5.74, 6) is 0. The normalized spacial score (nSPS) is 42.2. The third kappa shape index (κ3) is 1.64. The van der Waals surface area contributed by atoms with Crippen LogP contribution in [0.15, 0.2) is 0 Å². The molecular formula is C10H19NO. The zero-order valence-electron chi connectivity index (χ0n) is 7.88. The van der Waals surface area contributed by atoms with Gasteiger partial charge in [0, 0.05) is 6.04 Å². The Balaban J connectivity index is 1.81. The second-order valence-corrected chi connectivity index (χ2v) is 3.98. The van der Waals surface area contributed by atoms with Crippen molar-refractivity contribution in [2.75, 3.05) is 6.54 Å². The van der Waals surface area contributed by atoms with Gasteiger partial charge in [0.2, 0.25) is 0 Å². The first-order valence-electron chi connectivity index (χ1n) is 5.29. The number of nitrogens with one attached hydrogen (secondary N) is 1. The van der Waals surface area contributed by atoms with Gasteiger partial charge in [0.05, 0.1) is 12.2 Å². The van der Waals surface area contributed by atoms with E-state index in [4.69, 9.17) is 4.74 Å². The van der Waals surface area contributed by atoms with E-state index in [0.717, 1.165) is 0 Å². The molecule has 2 heterocycles. The third-order valence-corrected chi connectivity index (χ3v) is 3.14. The van der Waals surface area contributed by atoms with Crippen molar-refractivity contribution in [2.24, 2.45) is 0 Å². The molecule has 1 N–H and O–H groups in total. The quantitative estimate of drug-likeness (QED) is 0.679. The van der Waals surface area contributed by atoms with Crippen LogP contribution < -0.4 is 5.32 Å². The topological polar surface area (TPSA) is 21.3 Å². The van der Waals surface area contributed by atoms with Crippen LogP contribution >= 0.6 is 0 Å². The Bertz CT molecular complexity index is 143. The summed E-state index contributed by atoms with van der Waals surface area (Å²) in [5, 5.41) is 3.52. The van der Waals surface area contributed by atoms with Crippen molar-refractivity contribution in [3.05, 3.63) is 0 Å². The fraction of sp³-hybridized carbons (Fsp3) is 1.00. The van der Waals surface area contributed by atoms with Crippen LogP contribution in [0.1, 0.15) is 39.0 Å². The first kappa shape index (κ1) is 8.52. The molecule has 3 atom stereocenters. The number of hydrogen-bond acceptors (Lipinski definition) is 2. The summed E-state index contributed by atoms with van der Waals surface area (Å²) >= 11 is 0. The van der Waals surface area contributed by atoms with E-state index in [1.807, 2.05) is 0 Å². The van der Waals surface area contributed by atoms with Crippen molar-refractivity contribution in [1.82, 2.24) is 5.32 Å². The molecule has 0 aromatic rings. The molecular weight excluding hydrogens is 150 g/mol. The van der Waals surface area contributed by atoms with Crippen molar-refractivity contribution in [1.29, 1.82) is 0 Å². The van der Waals surface area contributed by atoms with Gasteiger partial charge in [0.1, 0.15) is 0 Å². The van der Waals surface area contributed by atoms with Crippen molar-refractivity contribution in [3.8, 4) is 0 Å². The van der Waals surface area contributed by atoms with Crippen LogP contribution in [0, 0.1) is 0 Å². The Kier molecular flexibility index (Phi) is 2.66. The smallest absolute Gasteiger partial charge is 0.0732 e. The highest BCUT2D eigenvalue weighted by Gasteiger charge is 2.31. The molecule has 0 saturated carbocycles. The predicted molar refractivity (Wildman–Crippen MR) is 49.2 cm³/mol. The lowest BCUT2D eigenvalue weighted by atomic mass is 10.1. The highest BCUT2D eigenvalue weighted by Crippen LogP contribution is 2.27. The van der Waals surface area contributed by atoms with Crippen LogP contribution in [-0.4, -0.2) is 24.8 Å². The first-order valence-corrected chi connectivity index (χ1v) is 5.29. The lowest BCUT2D eigenvalue weighted by Gasteiger charge is -2.19. The van der Waals surface area contributed by atoms with E-state index in [0.29, 0.717) is 18.2 Å². The Labute approximate surface area is 74.7 Å². The van der Waals surface area contributed by atoms with Crippen LogP contribution in [0.25, 0.3) is 0 Å². The third-order valence-electron chi connectivity index (χ3n) is 3.14. The number of ether oxygens (including phenoxy) is 1. The average Bonchev–Trinajstić information content (AvgIpc) is 2.75. The van der Waals surface area contributed by atoms with E-state index in [9.17, 15) is 0 Å². The van der Waals surface area contributed by atoms with Crippen LogP contribution in [0.4, 0.5) is 0 Å². The van der Waals surface area contributed by atoms with Crippen LogP contribution in [-0.2, 0) is 4.74 Å².